The van der Waals surface area contributed by atoms with Crippen LogP contribution < -0.4 is 10.2 Å². The van der Waals surface area contributed by atoms with E-state index in [1.807, 2.05) is 53.3 Å². The Balaban J connectivity index is 1.27. The van der Waals surface area contributed by atoms with Crippen LogP contribution in [0.3, 0.4) is 0 Å². The SMILES string of the molecule is CN=C(NCCc1cnn(-c2ccccc2)c1)N1CCN(c2ccccc2F)CC1. The first-order chi connectivity index (χ1) is 14.7. The Morgan fingerprint density at radius 1 is 1.03 bits per heavy atom. The fraction of sp³-hybridized carbons (Fsp3) is 0.304. The summed E-state index contributed by atoms with van der Waals surface area (Å²) in [5.74, 6) is 0.725. The Hall–Kier alpha value is -3.35. The molecule has 4 rings (SSSR count). The first kappa shape index (κ1) is 19.9. The summed E-state index contributed by atoms with van der Waals surface area (Å²) in [5.41, 5.74) is 2.90. The first-order valence-corrected chi connectivity index (χ1v) is 10.3. The lowest BCUT2D eigenvalue weighted by atomic mass is 10.2. The van der Waals surface area contributed by atoms with Crippen LogP contribution in [0.1, 0.15) is 5.56 Å². The maximum absolute atomic E-state index is 14.0. The highest BCUT2D eigenvalue weighted by Crippen LogP contribution is 2.20. The van der Waals surface area contributed by atoms with Crippen molar-refractivity contribution in [3.8, 4) is 5.69 Å². The molecular formula is C23H27FN6. The number of hydrogen-bond acceptors (Lipinski definition) is 3. The number of nitrogens with zero attached hydrogens (tertiary/aromatic N) is 5. The summed E-state index contributed by atoms with van der Waals surface area (Å²) in [6.45, 7) is 3.93. The highest BCUT2D eigenvalue weighted by Gasteiger charge is 2.21. The molecule has 2 aromatic carbocycles. The monoisotopic (exact) mass is 406 g/mol. The number of halogens is 1. The number of benzene rings is 2. The van der Waals surface area contributed by atoms with E-state index in [2.05, 4.69) is 31.4 Å². The molecule has 1 aliphatic rings. The molecule has 0 radical (unpaired) electrons. The van der Waals surface area contributed by atoms with Crippen LogP contribution in [0.4, 0.5) is 10.1 Å². The van der Waals surface area contributed by atoms with E-state index in [9.17, 15) is 4.39 Å². The summed E-state index contributed by atoms with van der Waals surface area (Å²) in [5, 5.41) is 7.90. The highest BCUT2D eigenvalue weighted by atomic mass is 19.1. The van der Waals surface area contributed by atoms with Crippen molar-refractivity contribution < 1.29 is 4.39 Å². The third kappa shape index (κ3) is 4.62. The number of rotatable bonds is 5. The fourth-order valence-electron chi connectivity index (χ4n) is 3.73. The number of aliphatic imine (C=N–C) groups is 1. The zero-order valence-electron chi connectivity index (χ0n) is 17.2. The topological polar surface area (TPSA) is 48.7 Å². The van der Waals surface area contributed by atoms with E-state index in [0.717, 1.165) is 50.8 Å². The second-order valence-electron chi connectivity index (χ2n) is 7.28. The van der Waals surface area contributed by atoms with Gasteiger partial charge in [0.05, 0.1) is 17.6 Å². The standard InChI is InChI=1S/C23H27FN6/c1-25-23(29-15-13-28(14-16-29)22-10-6-5-9-21(22)24)26-12-11-19-17-27-30(18-19)20-7-3-2-4-8-20/h2-10,17-18H,11-16H2,1H3,(H,25,26). The lowest BCUT2D eigenvalue weighted by Gasteiger charge is -2.37. The quantitative estimate of drug-likeness (QED) is 0.523. The third-order valence-electron chi connectivity index (χ3n) is 5.34. The van der Waals surface area contributed by atoms with Crippen molar-refractivity contribution in [2.24, 2.45) is 4.99 Å². The molecular weight excluding hydrogens is 379 g/mol. The number of guanidine groups is 1. The Morgan fingerprint density at radius 2 is 1.77 bits per heavy atom. The highest BCUT2D eigenvalue weighted by molar-refractivity contribution is 5.80. The van der Waals surface area contributed by atoms with Crippen LogP contribution in [0.25, 0.3) is 5.69 Å². The number of aromatic nitrogens is 2. The molecule has 1 N–H and O–H groups in total. The van der Waals surface area contributed by atoms with Gasteiger partial charge in [0.25, 0.3) is 0 Å². The van der Waals surface area contributed by atoms with Crippen LogP contribution in [0, 0.1) is 5.82 Å². The number of nitrogens with one attached hydrogen (secondary N) is 1. The summed E-state index contributed by atoms with van der Waals surface area (Å²) in [6, 6.07) is 17.1. The zero-order valence-corrected chi connectivity index (χ0v) is 17.2. The zero-order chi connectivity index (χ0) is 20.8. The average molecular weight is 407 g/mol. The van der Waals surface area contributed by atoms with E-state index in [1.54, 1.807) is 13.1 Å². The molecule has 1 saturated heterocycles. The summed E-state index contributed by atoms with van der Waals surface area (Å²) >= 11 is 0. The van der Waals surface area contributed by atoms with Crippen LogP contribution in [0.15, 0.2) is 72.0 Å². The van der Waals surface area contributed by atoms with E-state index in [-0.39, 0.29) is 5.82 Å². The smallest absolute Gasteiger partial charge is 0.193 e. The summed E-state index contributed by atoms with van der Waals surface area (Å²) in [4.78, 5) is 8.75. The van der Waals surface area contributed by atoms with E-state index in [1.165, 1.54) is 11.6 Å². The van der Waals surface area contributed by atoms with Crippen molar-refractivity contribution in [1.82, 2.24) is 20.0 Å². The molecule has 6 nitrogen and oxygen atoms in total. The second-order valence-corrected chi connectivity index (χ2v) is 7.28. The molecule has 0 spiro atoms. The first-order valence-electron chi connectivity index (χ1n) is 10.3. The molecule has 0 saturated carbocycles. The van der Waals surface area contributed by atoms with Crippen LogP contribution >= 0.6 is 0 Å². The molecule has 0 amide bonds. The molecule has 1 aromatic heterocycles. The van der Waals surface area contributed by atoms with Gasteiger partial charge < -0.3 is 15.1 Å². The van der Waals surface area contributed by atoms with Crippen molar-refractivity contribution in [1.29, 1.82) is 0 Å². The Bertz CT molecular complexity index is 976. The van der Waals surface area contributed by atoms with Gasteiger partial charge in [0.15, 0.2) is 5.96 Å². The predicted molar refractivity (Wildman–Crippen MR) is 119 cm³/mol. The molecule has 0 unspecified atom stereocenters. The maximum Gasteiger partial charge on any atom is 0.193 e. The van der Waals surface area contributed by atoms with Crippen molar-refractivity contribution >= 4 is 11.6 Å². The van der Waals surface area contributed by atoms with Gasteiger partial charge in [-0.25, -0.2) is 9.07 Å². The van der Waals surface area contributed by atoms with E-state index in [4.69, 9.17) is 0 Å². The molecule has 0 aliphatic carbocycles. The van der Waals surface area contributed by atoms with Crippen LogP contribution in [0.5, 0.6) is 0 Å². The number of anilines is 1. The minimum atomic E-state index is -0.162. The molecule has 3 aromatic rings. The van der Waals surface area contributed by atoms with Gasteiger partial charge in [0.2, 0.25) is 0 Å². The van der Waals surface area contributed by atoms with Crippen LogP contribution in [0.2, 0.25) is 0 Å². The molecule has 1 fully saturated rings. The molecule has 156 valence electrons. The van der Waals surface area contributed by atoms with Crippen molar-refractivity contribution in [3.05, 3.63) is 78.4 Å². The second kappa shape index (κ2) is 9.43. The van der Waals surface area contributed by atoms with Gasteiger partial charge in [0.1, 0.15) is 5.82 Å². The number of piperazine rings is 1. The molecule has 2 heterocycles. The molecule has 0 bridgehead atoms. The summed E-state index contributed by atoms with van der Waals surface area (Å²) in [6.07, 6.45) is 4.83. The van der Waals surface area contributed by atoms with E-state index in [0.29, 0.717) is 5.69 Å². The average Bonchev–Trinajstić information content (AvgIpc) is 3.27. The summed E-state index contributed by atoms with van der Waals surface area (Å²) < 4.78 is 15.9. The number of para-hydroxylation sites is 2. The Kier molecular flexibility index (Phi) is 6.27. The van der Waals surface area contributed by atoms with E-state index >= 15 is 0 Å². The van der Waals surface area contributed by atoms with Gasteiger partial charge in [-0.05, 0) is 36.2 Å². The van der Waals surface area contributed by atoms with Crippen LogP contribution in [-0.4, -0.2) is 60.4 Å². The van der Waals surface area contributed by atoms with Gasteiger partial charge in [-0.1, -0.05) is 30.3 Å². The minimum absolute atomic E-state index is 0.162. The third-order valence-corrected chi connectivity index (χ3v) is 5.34. The minimum Gasteiger partial charge on any atom is -0.366 e. The van der Waals surface area contributed by atoms with Crippen molar-refractivity contribution in [2.45, 2.75) is 6.42 Å². The van der Waals surface area contributed by atoms with Gasteiger partial charge in [-0.2, -0.15) is 5.10 Å². The lowest BCUT2D eigenvalue weighted by molar-refractivity contribution is 0.371. The molecule has 0 atom stereocenters. The Morgan fingerprint density at radius 3 is 2.50 bits per heavy atom. The molecule has 7 heteroatoms. The predicted octanol–water partition coefficient (Wildman–Crippen LogP) is 2.95. The van der Waals surface area contributed by atoms with Gasteiger partial charge >= 0.3 is 0 Å². The fourth-order valence-corrected chi connectivity index (χ4v) is 3.73. The van der Waals surface area contributed by atoms with Crippen LogP contribution in [-0.2, 0) is 6.42 Å². The normalized spacial score (nSPS) is 14.8. The van der Waals surface area contributed by atoms with Gasteiger partial charge in [0, 0.05) is 46.0 Å². The maximum atomic E-state index is 14.0. The largest absolute Gasteiger partial charge is 0.366 e. The molecule has 30 heavy (non-hydrogen) atoms. The van der Waals surface area contributed by atoms with Crippen molar-refractivity contribution in [3.63, 3.8) is 0 Å². The lowest BCUT2D eigenvalue weighted by Crippen LogP contribution is -2.53. The van der Waals surface area contributed by atoms with Gasteiger partial charge in [-0.15, -0.1) is 0 Å². The van der Waals surface area contributed by atoms with Crippen molar-refractivity contribution in [2.75, 3.05) is 44.7 Å². The number of hydrogen-bond donors (Lipinski definition) is 1. The Labute approximate surface area is 176 Å². The molecule has 1 aliphatic heterocycles. The van der Waals surface area contributed by atoms with E-state index < -0.39 is 0 Å². The summed E-state index contributed by atoms with van der Waals surface area (Å²) in [7, 11) is 1.80. The van der Waals surface area contributed by atoms with Gasteiger partial charge in [-0.3, -0.25) is 4.99 Å².